The molecule has 1 aliphatic heterocycles. The van der Waals surface area contributed by atoms with E-state index in [0.29, 0.717) is 5.56 Å². The number of benzene rings is 1. The van der Waals surface area contributed by atoms with E-state index in [1.807, 2.05) is 0 Å². The number of rotatable bonds is 3. The highest BCUT2D eigenvalue weighted by molar-refractivity contribution is 6.27. The van der Waals surface area contributed by atoms with Crippen molar-refractivity contribution in [3.8, 4) is 11.5 Å². The summed E-state index contributed by atoms with van der Waals surface area (Å²) in [7, 11) is 0. The molecule has 0 aliphatic carbocycles. The highest BCUT2D eigenvalue weighted by atomic mass is 35.5. The number of amides is 1. The summed E-state index contributed by atoms with van der Waals surface area (Å²) in [6, 6.07) is 4.29. The molecule has 4 nitrogen and oxygen atoms in total. The van der Waals surface area contributed by atoms with Gasteiger partial charge in [0.15, 0.2) is 11.5 Å². The average molecular weight is 264 g/mol. The maximum atomic E-state index is 12.7. The van der Waals surface area contributed by atoms with Crippen molar-refractivity contribution in [2.45, 2.75) is 12.8 Å². The number of halogens is 3. The van der Waals surface area contributed by atoms with Crippen LogP contribution in [0.4, 0.5) is 8.78 Å². The molecule has 1 N–H and O–H groups in total. The van der Waals surface area contributed by atoms with E-state index in [4.69, 9.17) is 11.6 Å². The van der Waals surface area contributed by atoms with Crippen LogP contribution in [0.25, 0.3) is 0 Å². The first kappa shape index (κ1) is 11.9. The van der Waals surface area contributed by atoms with Crippen molar-refractivity contribution in [1.29, 1.82) is 0 Å². The third-order valence-corrected chi connectivity index (χ3v) is 2.32. The Balaban J connectivity index is 2.06. The van der Waals surface area contributed by atoms with Crippen LogP contribution in [0.3, 0.4) is 0 Å². The van der Waals surface area contributed by atoms with E-state index in [1.165, 1.54) is 12.1 Å². The van der Waals surface area contributed by atoms with Gasteiger partial charge in [0.2, 0.25) is 5.91 Å². The minimum Gasteiger partial charge on any atom is -0.395 e. The Bertz CT molecular complexity index is 453. The molecular weight excluding hydrogens is 256 g/mol. The second-order valence-corrected chi connectivity index (χ2v) is 3.63. The Hall–Kier alpha value is -1.56. The van der Waals surface area contributed by atoms with Crippen molar-refractivity contribution in [2.75, 3.05) is 5.88 Å². The molecule has 17 heavy (non-hydrogen) atoms. The molecule has 1 aromatic rings. The fraction of sp³-hybridized carbons (Fsp3) is 0.300. The highest BCUT2D eigenvalue weighted by Crippen LogP contribution is 2.41. The number of carbonyl (C=O) groups is 1. The zero-order chi connectivity index (χ0) is 12.5. The molecule has 0 aromatic heterocycles. The third kappa shape index (κ3) is 2.76. The molecule has 0 saturated heterocycles. The lowest BCUT2D eigenvalue weighted by Crippen LogP contribution is -2.26. The molecule has 0 atom stereocenters. The molecule has 0 radical (unpaired) electrons. The van der Waals surface area contributed by atoms with Crippen LogP contribution in [0.15, 0.2) is 18.2 Å². The SMILES string of the molecule is O=C(CCl)NCc1ccc2c(c1)OC(F)(F)O2. The zero-order valence-electron chi connectivity index (χ0n) is 8.50. The van der Waals surface area contributed by atoms with Gasteiger partial charge in [0.1, 0.15) is 5.88 Å². The first-order valence-corrected chi connectivity index (χ1v) is 5.25. The minimum atomic E-state index is -3.62. The molecule has 1 amide bonds. The smallest absolute Gasteiger partial charge is 0.395 e. The maximum Gasteiger partial charge on any atom is 0.586 e. The number of alkyl halides is 3. The van der Waals surface area contributed by atoms with Gasteiger partial charge in [-0.2, -0.15) is 0 Å². The fourth-order valence-electron chi connectivity index (χ4n) is 1.35. The van der Waals surface area contributed by atoms with Gasteiger partial charge in [-0.05, 0) is 17.7 Å². The predicted molar refractivity (Wildman–Crippen MR) is 55.2 cm³/mol. The summed E-state index contributed by atoms with van der Waals surface area (Å²) >= 11 is 5.29. The van der Waals surface area contributed by atoms with Gasteiger partial charge in [-0.15, -0.1) is 20.4 Å². The molecule has 0 unspecified atom stereocenters. The Labute approximate surface area is 100 Å². The summed E-state index contributed by atoms with van der Waals surface area (Å²) in [6.45, 7) is 0.188. The van der Waals surface area contributed by atoms with Crippen molar-refractivity contribution in [2.24, 2.45) is 0 Å². The summed E-state index contributed by atoms with van der Waals surface area (Å²) in [5, 5.41) is 2.51. The van der Waals surface area contributed by atoms with Gasteiger partial charge in [0, 0.05) is 6.54 Å². The molecule has 1 aliphatic rings. The van der Waals surface area contributed by atoms with Crippen LogP contribution < -0.4 is 14.8 Å². The molecule has 0 saturated carbocycles. The predicted octanol–water partition coefficient (Wildman–Crippen LogP) is 1.86. The lowest BCUT2D eigenvalue weighted by molar-refractivity contribution is -0.286. The summed E-state index contributed by atoms with van der Waals surface area (Å²) in [4.78, 5) is 10.9. The van der Waals surface area contributed by atoms with Crippen molar-refractivity contribution in [1.82, 2.24) is 5.32 Å². The number of nitrogens with one attached hydrogen (secondary N) is 1. The molecular formula is C10H8ClF2NO3. The van der Waals surface area contributed by atoms with E-state index in [-0.39, 0.29) is 29.8 Å². The van der Waals surface area contributed by atoms with Gasteiger partial charge in [-0.3, -0.25) is 4.79 Å². The van der Waals surface area contributed by atoms with Crippen LogP contribution in [-0.2, 0) is 11.3 Å². The van der Waals surface area contributed by atoms with E-state index in [1.54, 1.807) is 6.07 Å². The van der Waals surface area contributed by atoms with Gasteiger partial charge in [0.25, 0.3) is 0 Å². The second kappa shape index (κ2) is 4.37. The van der Waals surface area contributed by atoms with E-state index in [2.05, 4.69) is 14.8 Å². The topological polar surface area (TPSA) is 47.6 Å². The highest BCUT2D eigenvalue weighted by Gasteiger charge is 2.43. The molecule has 0 spiro atoms. The Kier molecular flexibility index (Phi) is 3.06. The molecule has 92 valence electrons. The Morgan fingerprint density at radius 1 is 1.35 bits per heavy atom. The van der Waals surface area contributed by atoms with Crippen molar-refractivity contribution < 1.29 is 23.0 Å². The van der Waals surface area contributed by atoms with Crippen LogP contribution in [-0.4, -0.2) is 18.1 Å². The van der Waals surface area contributed by atoms with Gasteiger partial charge >= 0.3 is 6.29 Å². The van der Waals surface area contributed by atoms with E-state index < -0.39 is 6.29 Å². The molecule has 1 aromatic carbocycles. The summed E-state index contributed by atoms with van der Waals surface area (Å²) in [6.07, 6.45) is -3.62. The number of fused-ring (bicyclic) bond motifs is 1. The molecule has 7 heteroatoms. The fourth-order valence-corrected chi connectivity index (χ4v) is 1.45. The van der Waals surface area contributed by atoms with Crippen LogP contribution in [0.5, 0.6) is 11.5 Å². The summed E-state index contributed by atoms with van der Waals surface area (Å²) < 4.78 is 33.9. The van der Waals surface area contributed by atoms with Gasteiger partial charge in [-0.1, -0.05) is 6.07 Å². The van der Waals surface area contributed by atoms with Crippen LogP contribution in [0, 0.1) is 0 Å². The lowest BCUT2D eigenvalue weighted by atomic mass is 10.2. The first-order valence-electron chi connectivity index (χ1n) is 4.71. The maximum absolute atomic E-state index is 12.7. The molecule has 2 rings (SSSR count). The van der Waals surface area contributed by atoms with Crippen LogP contribution in [0.2, 0.25) is 0 Å². The Morgan fingerprint density at radius 2 is 2.06 bits per heavy atom. The van der Waals surface area contributed by atoms with Crippen molar-refractivity contribution in [3.05, 3.63) is 23.8 Å². The van der Waals surface area contributed by atoms with Gasteiger partial charge in [0.05, 0.1) is 0 Å². The molecule has 1 heterocycles. The van der Waals surface area contributed by atoms with Crippen molar-refractivity contribution in [3.63, 3.8) is 0 Å². The monoisotopic (exact) mass is 263 g/mol. The van der Waals surface area contributed by atoms with E-state index >= 15 is 0 Å². The largest absolute Gasteiger partial charge is 0.586 e. The quantitative estimate of drug-likeness (QED) is 0.847. The van der Waals surface area contributed by atoms with E-state index in [0.717, 1.165) is 0 Å². The zero-order valence-corrected chi connectivity index (χ0v) is 9.26. The number of hydrogen-bond acceptors (Lipinski definition) is 3. The number of hydrogen-bond donors (Lipinski definition) is 1. The summed E-state index contributed by atoms with van der Waals surface area (Å²) in [5.41, 5.74) is 0.614. The lowest BCUT2D eigenvalue weighted by Gasteiger charge is -2.04. The van der Waals surface area contributed by atoms with Crippen LogP contribution in [0.1, 0.15) is 5.56 Å². The normalized spacial score (nSPS) is 15.7. The average Bonchev–Trinajstić information content (AvgIpc) is 2.58. The van der Waals surface area contributed by atoms with Gasteiger partial charge in [-0.25, -0.2) is 0 Å². The Morgan fingerprint density at radius 3 is 2.76 bits per heavy atom. The van der Waals surface area contributed by atoms with Crippen LogP contribution >= 0.6 is 11.6 Å². The first-order chi connectivity index (χ1) is 8.00. The summed E-state index contributed by atoms with van der Waals surface area (Å²) in [5.74, 6) is -0.562. The van der Waals surface area contributed by atoms with Crippen molar-refractivity contribution >= 4 is 17.5 Å². The second-order valence-electron chi connectivity index (χ2n) is 3.36. The number of ether oxygens (including phenoxy) is 2. The molecule has 0 fully saturated rings. The van der Waals surface area contributed by atoms with Gasteiger partial charge < -0.3 is 14.8 Å². The third-order valence-electron chi connectivity index (χ3n) is 2.08. The van der Waals surface area contributed by atoms with E-state index in [9.17, 15) is 13.6 Å². The minimum absolute atomic E-state index is 0.0255. The standard InChI is InChI=1S/C10H8ClF2NO3/c11-4-9(15)14-5-6-1-2-7-8(3-6)17-10(12,13)16-7/h1-3H,4-5H2,(H,14,15). The molecule has 0 bridgehead atoms. The number of carbonyl (C=O) groups excluding carboxylic acids is 1.